The lowest BCUT2D eigenvalue weighted by Gasteiger charge is -2.13. The molecule has 0 aliphatic heterocycles. The third kappa shape index (κ3) is 4.41. The topological polar surface area (TPSA) is 50.7 Å². The van der Waals surface area contributed by atoms with Crippen molar-refractivity contribution in [3.8, 4) is 22.5 Å². The van der Waals surface area contributed by atoms with Crippen LogP contribution in [0.25, 0.3) is 33.4 Å². The Morgan fingerprint density at radius 1 is 0.818 bits per heavy atom. The molecule has 0 aliphatic carbocycles. The highest BCUT2D eigenvalue weighted by Gasteiger charge is 2.13. The quantitative estimate of drug-likeness (QED) is 0.305. The highest BCUT2D eigenvalue weighted by Crippen LogP contribution is 2.32. The Kier molecular flexibility index (Phi) is 5.48. The van der Waals surface area contributed by atoms with Crippen molar-refractivity contribution in [2.75, 3.05) is 5.32 Å². The average Bonchev–Trinajstić information content (AvgIpc) is 2.81. The van der Waals surface area contributed by atoms with E-state index in [2.05, 4.69) is 54.5 Å². The summed E-state index contributed by atoms with van der Waals surface area (Å²) < 4.78 is 13.7. The first-order valence-electron chi connectivity index (χ1n) is 10.5. The summed E-state index contributed by atoms with van der Waals surface area (Å²) in [4.78, 5) is 13.7. The number of aromatic nitrogens is 3. The van der Waals surface area contributed by atoms with Crippen LogP contribution < -0.4 is 5.32 Å². The highest BCUT2D eigenvalue weighted by atomic mass is 35.5. The summed E-state index contributed by atoms with van der Waals surface area (Å²) in [6, 6.07) is 20.9. The largest absolute Gasteiger partial charge is 0.340 e. The van der Waals surface area contributed by atoms with Crippen molar-refractivity contribution < 1.29 is 4.39 Å². The molecule has 3 aromatic carbocycles. The molecule has 2 heterocycles. The lowest BCUT2D eigenvalue weighted by molar-refractivity contribution is 0.628. The first-order chi connectivity index (χ1) is 16.0. The predicted molar refractivity (Wildman–Crippen MR) is 132 cm³/mol. The molecule has 33 heavy (non-hydrogen) atoms. The van der Waals surface area contributed by atoms with Crippen LogP contribution in [-0.4, -0.2) is 15.0 Å². The second kappa shape index (κ2) is 8.60. The van der Waals surface area contributed by atoms with E-state index in [0.29, 0.717) is 17.3 Å². The monoisotopic (exact) mass is 454 g/mol. The number of nitrogens with one attached hydrogen (secondary N) is 1. The summed E-state index contributed by atoms with van der Waals surface area (Å²) in [7, 11) is 0. The molecule has 1 N–H and O–H groups in total. The van der Waals surface area contributed by atoms with Gasteiger partial charge in [-0.3, -0.25) is 4.98 Å². The van der Waals surface area contributed by atoms with Gasteiger partial charge in [-0.15, -0.1) is 0 Å². The second-order valence-corrected chi connectivity index (χ2v) is 8.41. The molecule has 4 nitrogen and oxygen atoms in total. The number of halogens is 2. The summed E-state index contributed by atoms with van der Waals surface area (Å²) in [5.41, 5.74) is 6.81. The Labute approximate surface area is 196 Å². The molecule has 5 aromatic rings. The summed E-state index contributed by atoms with van der Waals surface area (Å²) in [6.45, 7) is 4.18. The maximum Gasteiger partial charge on any atom is 0.163 e. The zero-order valence-electron chi connectivity index (χ0n) is 18.1. The van der Waals surface area contributed by atoms with E-state index in [0.717, 1.165) is 27.6 Å². The minimum Gasteiger partial charge on any atom is -0.340 e. The van der Waals surface area contributed by atoms with Crippen LogP contribution >= 0.6 is 11.6 Å². The number of nitrogens with zero attached hydrogens (tertiary/aromatic N) is 3. The number of rotatable bonds is 4. The molecule has 0 unspecified atom stereocenters. The van der Waals surface area contributed by atoms with Gasteiger partial charge in [-0.25, -0.2) is 14.4 Å². The summed E-state index contributed by atoms with van der Waals surface area (Å²) >= 11 is 6.00. The zero-order valence-corrected chi connectivity index (χ0v) is 18.9. The van der Waals surface area contributed by atoms with Crippen LogP contribution in [0.4, 0.5) is 15.9 Å². The van der Waals surface area contributed by atoms with Gasteiger partial charge in [0.2, 0.25) is 0 Å². The zero-order chi connectivity index (χ0) is 22.9. The molecule has 0 bridgehead atoms. The normalized spacial score (nSPS) is 11.0. The van der Waals surface area contributed by atoms with Crippen molar-refractivity contribution in [3.05, 3.63) is 101 Å². The minimum atomic E-state index is -0.470. The standard InChI is InChI=1S/C27H20ClFN4/c1-16-10-17(2)12-20(11-16)18-5-8-25-22(13-18)27(31-21-6-7-24(29)23(28)14-21)33-26(32-25)19-4-3-9-30-15-19/h3-15H,1-2H3,(H,31,32,33). The number of benzene rings is 3. The Morgan fingerprint density at radius 2 is 1.64 bits per heavy atom. The Balaban J connectivity index is 1.69. The van der Waals surface area contributed by atoms with Gasteiger partial charge >= 0.3 is 0 Å². The van der Waals surface area contributed by atoms with Gasteiger partial charge < -0.3 is 5.32 Å². The molecule has 0 saturated carbocycles. The predicted octanol–water partition coefficient (Wildman–Crippen LogP) is 7.51. The molecule has 0 aliphatic rings. The average molecular weight is 455 g/mol. The lowest BCUT2D eigenvalue weighted by atomic mass is 9.99. The minimum absolute atomic E-state index is 0.0433. The van der Waals surface area contributed by atoms with Gasteiger partial charge in [0.05, 0.1) is 10.5 Å². The molecule has 0 fully saturated rings. The van der Waals surface area contributed by atoms with E-state index >= 15 is 0 Å². The van der Waals surface area contributed by atoms with Crippen LogP contribution in [-0.2, 0) is 0 Å². The molecule has 6 heteroatoms. The Bertz CT molecular complexity index is 1470. The van der Waals surface area contributed by atoms with E-state index in [4.69, 9.17) is 21.6 Å². The molecule has 0 atom stereocenters. The Morgan fingerprint density at radius 3 is 2.36 bits per heavy atom. The first-order valence-corrected chi connectivity index (χ1v) is 10.9. The van der Waals surface area contributed by atoms with Gasteiger partial charge in [0.25, 0.3) is 0 Å². The number of anilines is 2. The molecular formula is C27H20ClFN4. The summed E-state index contributed by atoms with van der Waals surface area (Å²) in [6.07, 6.45) is 3.43. The van der Waals surface area contributed by atoms with Gasteiger partial charge in [0.1, 0.15) is 11.6 Å². The maximum atomic E-state index is 13.7. The van der Waals surface area contributed by atoms with Gasteiger partial charge in [0.15, 0.2) is 5.82 Å². The van der Waals surface area contributed by atoms with Crippen molar-refractivity contribution in [1.29, 1.82) is 0 Å². The van der Waals surface area contributed by atoms with Gasteiger partial charge in [-0.05, 0) is 67.4 Å². The molecular weight excluding hydrogens is 435 g/mol. The van der Waals surface area contributed by atoms with E-state index in [1.807, 2.05) is 18.2 Å². The van der Waals surface area contributed by atoms with Crippen LogP contribution in [0.3, 0.4) is 0 Å². The molecule has 0 amide bonds. The second-order valence-electron chi connectivity index (χ2n) is 8.00. The van der Waals surface area contributed by atoms with E-state index in [1.165, 1.54) is 17.2 Å². The fourth-order valence-corrected chi connectivity index (χ4v) is 4.06. The fourth-order valence-electron chi connectivity index (χ4n) is 3.88. The molecule has 0 saturated heterocycles. The maximum absolute atomic E-state index is 13.7. The smallest absolute Gasteiger partial charge is 0.163 e. The van der Waals surface area contributed by atoms with Gasteiger partial charge in [0, 0.05) is 29.0 Å². The van der Waals surface area contributed by atoms with Crippen LogP contribution in [0.2, 0.25) is 5.02 Å². The molecule has 5 rings (SSSR count). The van der Waals surface area contributed by atoms with Crippen molar-refractivity contribution in [2.45, 2.75) is 13.8 Å². The number of hydrogen-bond donors (Lipinski definition) is 1. The third-order valence-corrected chi connectivity index (χ3v) is 5.64. The van der Waals surface area contributed by atoms with E-state index in [-0.39, 0.29) is 5.02 Å². The van der Waals surface area contributed by atoms with E-state index < -0.39 is 5.82 Å². The van der Waals surface area contributed by atoms with Crippen LogP contribution in [0.5, 0.6) is 0 Å². The van der Waals surface area contributed by atoms with E-state index in [9.17, 15) is 4.39 Å². The van der Waals surface area contributed by atoms with Gasteiger partial charge in [-0.2, -0.15) is 0 Å². The molecule has 162 valence electrons. The Hall–Kier alpha value is -3.83. The fraction of sp³-hybridized carbons (Fsp3) is 0.0741. The number of aryl methyl sites for hydroxylation is 2. The molecule has 0 radical (unpaired) electrons. The van der Waals surface area contributed by atoms with Crippen molar-refractivity contribution >= 4 is 34.0 Å². The van der Waals surface area contributed by atoms with Crippen molar-refractivity contribution in [1.82, 2.24) is 15.0 Å². The number of fused-ring (bicyclic) bond motifs is 1. The highest BCUT2D eigenvalue weighted by molar-refractivity contribution is 6.31. The van der Waals surface area contributed by atoms with Crippen molar-refractivity contribution in [2.24, 2.45) is 0 Å². The SMILES string of the molecule is Cc1cc(C)cc(-c2ccc3nc(-c4cccnc4)nc(Nc4ccc(F)c(Cl)c4)c3c2)c1. The number of pyridine rings is 1. The number of hydrogen-bond acceptors (Lipinski definition) is 4. The van der Waals surface area contributed by atoms with Gasteiger partial charge in [-0.1, -0.05) is 47.0 Å². The van der Waals surface area contributed by atoms with Crippen LogP contribution in [0, 0.1) is 19.7 Å². The van der Waals surface area contributed by atoms with Crippen molar-refractivity contribution in [3.63, 3.8) is 0 Å². The molecule has 0 spiro atoms. The lowest BCUT2D eigenvalue weighted by Crippen LogP contribution is -2.00. The van der Waals surface area contributed by atoms with Crippen LogP contribution in [0.1, 0.15) is 11.1 Å². The van der Waals surface area contributed by atoms with E-state index in [1.54, 1.807) is 24.5 Å². The summed E-state index contributed by atoms with van der Waals surface area (Å²) in [5, 5.41) is 4.19. The van der Waals surface area contributed by atoms with Crippen LogP contribution in [0.15, 0.2) is 79.1 Å². The third-order valence-electron chi connectivity index (χ3n) is 5.35. The first kappa shape index (κ1) is 21.0. The molecule has 2 aromatic heterocycles. The summed E-state index contributed by atoms with van der Waals surface area (Å²) in [5.74, 6) is 0.682.